The zero-order valence-electron chi connectivity index (χ0n) is 10.7. The first kappa shape index (κ1) is 16.6. The molecule has 1 unspecified atom stereocenters. The molecule has 1 aromatic carbocycles. The Morgan fingerprint density at radius 3 is 2.59 bits per heavy atom. The third kappa shape index (κ3) is 9.33. The summed E-state index contributed by atoms with van der Waals surface area (Å²) in [4.78, 5) is 9.00. The SMILES string of the molecule is CC(=O)O.CCCCC(F)c1ccc[c]([Na])c1. The number of carboxylic acids is 1. The van der Waals surface area contributed by atoms with E-state index in [0.29, 0.717) is 6.42 Å². The topological polar surface area (TPSA) is 37.3 Å². The molecule has 1 rings (SSSR count). The van der Waals surface area contributed by atoms with Crippen molar-refractivity contribution in [3.63, 3.8) is 0 Å². The molecule has 0 amide bonds. The van der Waals surface area contributed by atoms with Crippen molar-refractivity contribution in [1.82, 2.24) is 0 Å². The molecule has 2 nitrogen and oxygen atoms in total. The predicted octanol–water partition coefficient (Wildman–Crippen LogP) is 2.77. The first-order chi connectivity index (χ1) is 7.97. The summed E-state index contributed by atoms with van der Waals surface area (Å²) in [6, 6.07) is 7.90. The summed E-state index contributed by atoms with van der Waals surface area (Å²) in [6.07, 6.45) is 1.96. The van der Waals surface area contributed by atoms with Gasteiger partial charge in [-0.15, -0.1) is 0 Å². The van der Waals surface area contributed by atoms with Gasteiger partial charge in [0, 0.05) is 6.92 Å². The minimum absolute atomic E-state index is 0.668. The summed E-state index contributed by atoms with van der Waals surface area (Å²) >= 11 is 1.01. The van der Waals surface area contributed by atoms with Gasteiger partial charge in [0.25, 0.3) is 5.97 Å². The van der Waals surface area contributed by atoms with Crippen molar-refractivity contribution in [3.05, 3.63) is 29.8 Å². The number of hydrogen-bond donors (Lipinski definition) is 1. The van der Waals surface area contributed by atoms with Gasteiger partial charge in [-0.1, -0.05) is 0 Å². The van der Waals surface area contributed by atoms with Crippen LogP contribution < -0.4 is 2.81 Å². The Balaban J connectivity index is 0.000000557. The van der Waals surface area contributed by atoms with Crippen LogP contribution >= 0.6 is 0 Å². The number of aliphatic carboxylic acids is 1. The number of carbonyl (C=O) groups is 1. The molecule has 0 saturated carbocycles. The molecular formula is C13H18FNaO2. The van der Waals surface area contributed by atoms with Crippen LogP contribution in [-0.2, 0) is 4.79 Å². The molecule has 0 aliphatic heterocycles. The number of unbranched alkanes of at least 4 members (excludes halogenated alkanes) is 1. The third-order valence-corrected chi connectivity index (χ3v) is 2.84. The van der Waals surface area contributed by atoms with Crippen molar-refractivity contribution < 1.29 is 14.3 Å². The van der Waals surface area contributed by atoms with Crippen LogP contribution in [0.4, 0.5) is 4.39 Å². The van der Waals surface area contributed by atoms with Crippen LogP contribution in [-0.4, -0.2) is 39.0 Å². The molecule has 0 spiro atoms. The molecule has 1 atom stereocenters. The number of hydrogen-bond acceptors (Lipinski definition) is 1. The molecule has 17 heavy (non-hydrogen) atoms. The van der Waals surface area contributed by atoms with Crippen LogP contribution in [0.3, 0.4) is 0 Å². The molecule has 0 aliphatic rings. The Morgan fingerprint density at radius 1 is 1.53 bits per heavy atom. The van der Waals surface area contributed by atoms with Gasteiger partial charge in [-0.3, -0.25) is 4.79 Å². The summed E-state index contributed by atoms with van der Waals surface area (Å²) in [6.45, 7) is 3.18. The number of alkyl halides is 1. The normalized spacial score (nSPS) is 11.4. The van der Waals surface area contributed by atoms with Crippen LogP contribution in [0.5, 0.6) is 0 Å². The van der Waals surface area contributed by atoms with Crippen LogP contribution in [0.1, 0.15) is 44.8 Å². The molecule has 1 N–H and O–H groups in total. The average Bonchev–Trinajstić information content (AvgIpc) is 2.25. The maximum absolute atomic E-state index is 13.5. The summed E-state index contributed by atoms with van der Waals surface area (Å²) in [7, 11) is 0. The summed E-state index contributed by atoms with van der Waals surface area (Å²) in [5.74, 6) is -0.833. The van der Waals surface area contributed by atoms with Gasteiger partial charge in [-0.05, 0) is 0 Å². The number of benzene rings is 1. The first-order valence-corrected chi connectivity index (χ1v) is 6.87. The van der Waals surface area contributed by atoms with E-state index in [9.17, 15) is 4.39 Å². The molecule has 0 fully saturated rings. The quantitative estimate of drug-likeness (QED) is 0.832. The van der Waals surface area contributed by atoms with Gasteiger partial charge in [-0.25, -0.2) is 0 Å². The molecule has 0 saturated heterocycles. The van der Waals surface area contributed by atoms with Gasteiger partial charge >= 0.3 is 97.3 Å². The number of rotatable bonds is 4. The molecule has 90 valence electrons. The van der Waals surface area contributed by atoms with E-state index in [1.807, 2.05) is 18.2 Å². The van der Waals surface area contributed by atoms with E-state index >= 15 is 0 Å². The van der Waals surface area contributed by atoms with Crippen molar-refractivity contribution >= 4 is 36.7 Å². The van der Waals surface area contributed by atoms with Crippen molar-refractivity contribution in [2.24, 2.45) is 0 Å². The average molecular weight is 248 g/mol. The van der Waals surface area contributed by atoms with Crippen molar-refractivity contribution in [3.8, 4) is 0 Å². The molecule has 0 aromatic heterocycles. The zero-order valence-corrected chi connectivity index (χ0v) is 12.7. The van der Waals surface area contributed by atoms with Gasteiger partial charge in [-0.2, -0.15) is 0 Å². The predicted molar refractivity (Wildman–Crippen MR) is 68.5 cm³/mol. The Bertz CT molecular complexity index is 338. The Kier molecular flexibility index (Phi) is 9.41. The van der Waals surface area contributed by atoms with E-state index in [1.165, 1.54) is 2.81 Å². The summed E-state index contributed by atoms with van der Waals surface area (Å²) in [5.41, 5.74) is 0.862. The van der Waals surface area contributed by atoms with Gasteiger partial charge in [0.15, 0.2) is 0 Å². The fourth-order valence-electron chi connectivity index (χ4n) is 1.41. The fourth-order valence-corrected chi connectivity index (χ4v) is 1.94. The van der Waals surface area contributed by atoms with E-state index in [2.05, 4.69) is 13.0 Å². The maximum atomic E-state index is 13.5. The zero-order chi connectivity index (χ0) is 13.3. The van der Waals surface area contributed by atoms with Crippen molar-refractivity contribution in [1.29, 1.82) is 0 Å². The van der Waals surface area contributed by atoms with Crippen LogP contribution in [0, 0.1) is 0 Å². The fraction of sp³-hybridized carbons (Fsp3) is 0.462. The molecule has 0 heterocycles. The molecule has 0 bridgehead atoms. The molecule has 0 aliphatic carbocycles. The van der Waals surface area contributed by atoms with Crippen molar-refractivity contribution in [2.45, 2.75) is 39.3 Å². The van der Waals surface area contributed by atoms with Crippen LogP contribution in [0.2, 0.25) is 0 Å². The summed E-state index contributed by atoms with van der Waals surface area (Å²) < 4.78 is 14.8. The van der Waals surface area contributed by atoms with Crippen LogP contribution in [0.15, 0.2) is 24.3 Å². The molecule has 4 heteroatoms. The van der Waals surface area contributed by atoms with Gasteiger partial charge in [0.2, 0.25) is 0 Å². The molecule has 0 radical (unpaired) electrons. The second-order valence-corrected chi connectivity index (χ2v) is 5.20. The number of carboxylic acid groups (broad SMARTS) is 1. The Morgan fingerprint density at radius 2 is 2.12 bits per heavy atom. The van der Waals surface area contributed by atoms with E-state index < -0.39 is 12.1 Å². The van der Waals surface area contributed by atoms with Gasteiger partial charge < -0.3 is 5.11 Å². The van der Waals surface area contributed by atoms with E-state index in [0.717, 1.165) is 53.3 Å². The third-order valence-electron chi connectivity index (χ3n) is 2.21. The minimum atomic E-state index is -0.833. The van der Waals surface area contributed by atoms with E-state index in [1.54, 1.807) is 0 Å². The van der Waals surface area contributed by atoms with E-state index in [4.69, 9.17) is 9.90 Å². The van der Waals surface area contributed by atoms with Crippen LogP contribution in [0.25, 0.3) is 0 Å². The van der Waals surface area contributed by atoms with Gasteiger partial charge in [0.05, 0.1) is 0 Å². The van der Waals surface area contributed by atoms with Crippen molar-refractivity contribution in [2.75, 3.05) is 0 Å². The first-order valence-electron chi connectivity index (χ1n) is 5.87. The monoisotopic (exact) mass is 248 g/mol. The Hall–Kier alpha value is -0.380. The Labute approximate surface area is 120 Å². The second-order valence-electron chi connectivity index (χ2n) is 4.04. The van der Waals surface area contributed by atoms with Gasteiger partial charge in [0.1, 0.15) is 0 Å². The van der Waals surface area contributed by atoms with E-state index in [-0.39, 0.29) is 0 Å². The molecular weight excluding hydrogens is 230 g/mol. The molecule has 1 aromatic rings. The second kappa shape index (κ2) is 9.63. The number of halogens is 1. The standard InChI is InChI=1S/C11H14F.C2H4O2.Na/c1-2-3-9-11(12)10-7-5-4-6-8-10;1-2(3)4;/h4-5,7-8,11H,2-3,9H2,1H3;1H3,(H,3,4);. The summed E-state index contributed by atoms with van der Waals surface area (Å²) in [5, 5.41) is 7.42.